The molecule has 1 rings (SSSR count). The Morgan fingerprint density at radius 1 is 1.40 bits per heavy atom. The van der Waals surface area contributed by atoms with Crippen LogP contribution in [-0.4, -0.2) is 48.7 Å². The van der Waals surface area contributed by atoms with Gasteiger partial charge in [-0.25, -0.2) is 0 Å². The number of hydrogen-bond donors (Lipinski definition) is 2. The minimum atomic E-state index is 0.0128. The fourth-order valence-corrected chi connectivity index (χ4v) is 1.56. The molecule has 15 heavy (non-hydrogen) atoms. The highest BCUT2D eigenvalue weighted by Gasteiger charge is 2.41. The van der Waals surface area contributed by atoms with Gasteiger partial charge in [-0.1, -0.05) is 13.8 Å². The quantitative estimate of drug-likeness (QED) is 0.637. The van der Waals surface area contributed by atoms with Crippen LogP contribution in [0, 0.1) is 5.41 Å². The van der Waals surface area contributed by atoms with Crippen molar-refractivity contribution in [3.8, 4) is 0 Å². The van der Waals surface area contributed by atoms with Gasteiger partial charge >= 0.3 is 0 Å². The number of hydrogen-bond acceptors (Lipinski definition) is 3. The van der Waals surface area contributed by atoms with Crippen molar-refractivity contribution in [1.29, 1.82) is 0 Å². The SMILES string of the molecule is CCN(CC)CC(=O)NCC1(CO)CC1. The molecule has 1 amide bonds. The number of amides is 1. The van der Waals surface area contributed by atoms with Gasteiger partial charge in [-0.05, 0) is 25.9 Å². The second kappa shape index (κ2) is 5.47. The maximum atomic E-state index is 11.5. The summed E-state index contributed by atoms with van der Waals surface area (Å²) in [6.07, 6.45) is 2.07. The minimum absolute atomic E-state index is 0.0128. The third-order valence-corrected chi connectivity index (χ3v) is 3.21. The summed E-state index contributed by atoms with van der Waals surface area (Å²) < 4.78 is 0. The highest BCUT2D eigenvalue weighted by molar-refractivity contribution is 5.78. The van der Waals surface area contributed by atoms with E-state index in [-0.39, 0.29) is 17.9 Å². The number of likely N-dealkylation sites (N-methyl/N-ethyl adjacent to an activating group) is 1. The monoisotopic (exact) mass is 214 g/mol. The van der Waals surface area contributed by atoms with Gasteiger partial charge in [0, 0.05) is 12.0 Å². The van der Waals surface area contributed by atoms with Crippen molar-refractivity contribution in [1.82, 2.24) is 10.2 Å². The van der Waals surface area contributed by atoms with Gasteiger partial charge < -0.3 is 10.4 Å². The molecule has 0 heterocycles. The first-order valence-electron chi connectivity index (χ1n) is 5.75. The molecule has 0 bridgehead atoms. The lowest BCUT2D eigenvalue weighted by Gasteiger charge is -2.18. The van der Waals surface area contributed by atoms with Crippen LogP contribution in [0.15, 0.2) is 0 Å². The first-order chi connectivity index (χ1) is 7.15. The Morgan fingerprint density at radius 3 is 2.40 bits per heavy atom. The van der Waals surface area contributed by atoms with E-state index in [4.69, 9.17) is 5.11 Å². The predicted octanol–water partition coefficient (Wildman–Crippen LogP) is 0.217. The molecule has 1 fully saturated rings. The first kappa shape index (κ1) is 12.5. The van der Waals surface area contributed by atoms with E-state index in [1.807, 2.05) is 13.8 Å². The van der Waals surface area contributed by atoms with E-state index >= 15 is 0 Å². The third-order valence-electron chi connectivity index (χ3n) is 3.21. The Hall–Kier alpha value is -0.610. The molecule has 1 saturated carbocycles. The Labute approximate surface area is 91.6 Å². The minimum Gasteiger partial charge on any atom is -0.396 e. The van der Waals surface area contributed by atoms with Gasteiger partial charge in [-0.3, -0.25) is 9.69 Å². The molecule has 0 atom stereocenters. The summed E-state index contributed by atoms with van der Waals surface area (Å²) in [6, 6.07) is 0. The lowest BCUT2D eigenvalue weighted by atomic mass is 10.1. The number of nitrogens with one attached hydrogen (secondary N) is 1. The van der Waals surface area contributed by atoms with E-state index in [2.05, 4.69) is 10.2 Å². The van der Waals surface area contributed by atoms with Gasteiger partial charge in [0.2, 0.25) is 5.91 Å². The number of carbonyl (C=O) groups is 1. The molecule has 0 aromatic carbocycles. The molecule has 0 unspecified atom stereocenters. The summed E-state index contributed by atoms with van der Waals surface area (Å²) in [5, 5.41) is 12.0. The lowest BCUT2D eigenvalue weighted by Crippen LogP contribution is -2.40. The maximum absolute atomic E-state index is 11.5. The standard InChI is InChI=1S/C11H22N2O2/c1-3-13(4-2)7-10(15)12-8-11(9-14)5-6-11/h14H,3-9H2,1-2H3,(H,12,15). The van der Waals surface area contributed by atoms with Gasteiger partial charge in [-0.15, -0.1) is 0 Å². The maximum Gasteiger partial charge on any atom is 0.234 e. The highest BCUT2D eigenvalue weighted by atomic mass is 16.3. The average molecular weight is 214 g/mol. The second-order valence-electron chi connectivity index (χ2n) is 4.40. The Balaban J connectivity index is 2.18. The smallest absolute Gasteiger partial charge is 0.234 e. The fraction of sp³-hybridized carbons (Fsp3) is 0.909. The van der Waals surface area contributed by atoms with E-state index in [1.54, 1.807) is 0 Å². The van der Waals surface area contributed by atoms with Gasteiger partial charge in [0.05, 0.1) is 13.2 Å². The number of rotatable bonds is 7. The largest absolute Gasteiger partial charge is 0.396 e. The average Bonchev–Trinajstić information content (AvgIpc) is 3.04. The Kier molecular flexibility index (Phi) is 4.54. The molecule has 0 aromatic rings. The molecule has 0 spiro atoms. The molecule has 0 radical (unpaired) electrons. The van der Waals surface area contributed by atoms with E-state index in [9.17, 15) is 4.79 Å². The van der Waals surface area contributed by atoms with Crippen LogP contribution < -0.4 is 5.32 Å². The van der Waals surface area contributed by atoms with Crippen LogP contribution in [-0.2, 0) is 4.79 Å². The van der Waals surface area contributed by atoms with Crippen molar-refractivity contribution in [2.24, 2.45) is 5.41 Å². The predicted molar refractivity (Wildman–Crippen MR) is 59.6 cm³/mol. The van der Waals surface area contributed by atoms with Gasteiger partial charge in [0.15, 0.2) is 0 Å². The van der Waals surface area contributed by atoms with Crippen molar-refractivity contribution >= 4 is 5.91 Å². The fourth-order valence-electron chi connectivity index (χ4n) is 1.56. The summed E-state index contributed by atoms with van der Waals surface area (Å²) in [6.45, 7) is 7.18. The number of carbonyl (C=O) groups excluding carboxylic acids is 1. The van der Waals surface area contributed by atoms with E-state index in [0.29, 0.717) is 13.1 Å². The summed E-state index contributed by atoms with van der Waals surface area (Å²) in [5.74, 6) is 0.0680. The molecular formula is C11H22N2O2. The summed E-state index contributed by atoms with van der Waals surface area (Å²) >= 11 is 0. The molecule has 0 aromatic heterocycles. The van der Waals surface area contributed by atoms with Crippen molar-refractivity contribution in [3.63, 3.8) is 0 Å². The summed E-state index contributed by atoms with van der Waals surface area (Å²) in [4.78, 5) is 13.6. The normalized spacial score (nSPS) is 17.9. The van der Waals surface area contributed by atoms with Gasteiger partial charge in [0.1, 0.15) is 0 Å². The van der Waals surface area contributed by atoms with Crippen LogP contribution >= 0.6 is 0 Å². The topological polar surface area (TPSA) is 52.6 Å². The van der Waals surface area contributed by atoms with E-state index in [1.165, 1.54) is 0 Å². The Bertz CT molecular complexity index is 211. The summed E-state index contributed by atoms with van der Waals surface area (Å²) in [5.41, 5.74) is 0.0128. The molecule has 1 aliphatic rings. The molecule has 0 aliphatic heterocycles. The molecular weight excluding hydrogens is 192 g/mol. The van der Waals surface area contributed by atoms with Crippen molar-refractivity contribution in [2.75, 3.05) is 32.8 Å². The van der Waals surface area contributed by atoms with Crippen LogP contribution in [0.5, 0.6) is 0 Å². The first-order valence-corrected chi connectivity index (χ1v) is 5.75. The molecule has 2 N–H and O–H groups in total. The number of nitrogens with zero attached hydrogens (tertiary/aromatic N) is 1. The zero-order valence-electron chi connectivity index (χ0n) is 9.75. The molecule has 1 aliphatic carbocycles. The summed E-state index contributed by atoms with van der Waals surface area (Å²) in [7, 11) is 0. The van der Waals surface area contributed by atoms with Crippen LogP contribution in [0.25, 0.3) is 0 Å². The van der Waals surface area contributed by atoms with Crippen molar-refractivity contribution in [2.45, 2.75) is 26.7 Å². The molecule has 0 saturated heterocycles. The van der Waals surface area contributed by atoms with Crippen LogP contribution in [0.1, 0.15) is 26.7 Å². The van der Waals surface area contributed by atoms with Gasteiger partial charge in [-0.2, -0.15) is 0 Å². The van der Waals surface area contributed by atoms with Crippen molar-refractivity contribution < 1.29 is 9.90 Å². The number of aliphatic hydroxyl groups is 1. The zero-order chi connectivity index (χ0) is 11.3. The lowest BCUT2D eigenvalue weighted by molar-refractivity contribution is -0.122. The zero-order valence-corrected chi connectivity index (χ0v) is 9.75. The van der Waals surface area contributed by atoms with E-state index in [0.717, 1.165) is 25.9 Å². The molecule has 4 nitrogen and oxygen atoms in total. The van der Waals surface area contributed by atoms with Gasteiger partial charge in [0.25, 0.3) is 0 Å². The van der Waals surface area contributed by atoms with Crippen LogP contribution in [0.2, 0.25) is 0 Å². The highest BCUT2D eigenvalue weighted by Crippen LogP contribution is 2.44. The molecule has 4 heteroatoms. The van der Waals surface area contributed by atoms with Crippen LogP contribution in [0.4, 0.5) is 0 Å². The van der Waals surface area contributed by atoms with Crippen LogP contribution in [0.3, 0.4) is 0 Å². The number of aliphatic hydroxyl groups excluding tert-OH is 1. The Morgan fingerprint density at radius 2 is 2.00 bits per heavy atom. The van der Waals surface area contributed by atoms with E-state index < -0.39 is 0 Å². The molecule has 88 valence electrons. The van der Waals surface area contributed by atoms with Crippen molar-refractivity contribution in [3.05, 3.63) is 0 Å². The third kappa shape index (κ3) is 3.80. The second-order valence-corrected chi connectivity index (χ2v) is 4.40.